The number of hydrogen-bond donors (Lipinski definition) is 1. The van der Waals surface area contributed by atoms with Gasteiger partial charge in [0.2, 0.25) is 11.8 Å². The van der Waals surface area contributed by atoms with Crippen LogP contribution in [0.5, 0.6) is 0 Å². The van der Waals surface area contributed by atoms with Crippen LogP contribution < -0.4 is 0 Å². The van der Waals surface area contributed by atoms with E-state index < -0.39 is 0 Å². The molecule has 1 spiro atoms. The molecule has 114 valence electrons. The highest BCUT2D eigenvalue weighted by molar-refractivity contribution is 5.98. The van der Waals surface area contributed by atoms with Crippen LogP contribution in [0.15, 0.2) is 0 Å². The standard InChI is InChI=1S/C15H25NO4/c17-8-10-20-9-4-7-16-13(18)11-15(12-14(16)19)5-2-1-3-6-15/h17H,1-12H2. The van der Waals surface area contributed by atoms with Crippen molar-refractivity contribution in [1.29, 1.82) is 0 Å². The van der Waals surface area contributed by atoms with Crippen molar-refractivity contribution in [3.63, 3.8) is 0 Å². The number of likely N-dealkylation sites (tertiary alicyclic amines) is 1. The first kappa shape index (κ1) is 15.4. The first-order valence-corrected chi connectivity index (χ1v) is 7.69. The molecule has 1 aliphatic carbocycles. The van der Waals surface area contributed by atoms with Crippen LogP contribution in [-0.4, -0.2) is 48.2 Å². The van der Waals surface area contributed by atoms with Crippen LogP contribution in [0, 0.1) is 5.41 Å². The molecule has 1 heterocycles. The lowest BCUT2D eigenvalue weighted by Gasteiger charge is -2.42. The normalized spacial score (nSPS) is 22.6. The average Bonchev–Trinajstić information content (AvgIpc) is 2.42. The predicted molar refractivity (Wildman–Crippen MR) is 74.0 cm³/mol. The molecule has 5 nitrogen and oxygen atoms in total. The van der Waals surface area contributed by atoms with E-state index in [1.54, 1.807) is 0 Å². The summed E-state index contributed by atoms with van der Waals surface area (Å²) in [5, 5.41) is 8.60. The minimum absolute atomic E-state index is 0.00406. The van der Waals surface area contributed by atoms with Gasteiger partial charge in [0.1, 0.15) is 0 Å². The summed E-state index contributed by atoms with van der Waals surface area (Å²) in [7, 11) is 0. The van der Waals surface area contributed by atoms with Crippen molar-refractivity contribution < 1.29 is 19.4 Å². The summed E-state index contributed by atoms with van der Waals surface area (Å²) in [5.74, 6) is -0.0179. The minimum atomic E-state index is -0.0314. The second kappa shape index (κ2) is 7.18. The topological polar surface area (TPSA) is 66.8 Å². The molecule has 1 saturated carbocycles. The SMILES string of the molecule is O=C1CC2(CCCCC2)CC(=O)N1CCCOCCO. The quantitative estimate of drug-likeness (QED) is 0.592. The second-order valence-electron chi connectivity index (χ2n) is 6.04. The monoisotopic (exact) mass is 283 g/mol. The van der Waals surface area contributed by atoms with E-state index in [0.29, 0.717) is 39.0 Å². The number of rotatable bonds is 6. The van der Waals surface area contributed by atoms with Crippen molar-refractivity contribution in [2.24, 2.45) is 5.41 Å². The fourth-order valence-corrected chi connectivity index (χ4v) is 3.43. The number of hydrogen-bond acceptors (Lipinski definition) is 4. The molecule has 0 aromatic rings. The largest absolute Gasteiger partial charge is 0.394 e. The fraction of sp³-hybridized carbons (Fsp3) is 0.867. The predicted octanol–water partition coefficient (Wildman–Crippen LogP) is 1.48. The van der Waals surface area contributed by atoms with Crippen molar-refractivity contribution >= 4 is 11.8 Å². The minimum Gasteiger partial charge on any atom is -0.394 e. The van der Waals surface area contributed by atoms with Crippen LogP contribution in [0.25, 0.3) is 0 Å². The molecule has 2 fully saturated rings. The van der Waals surface area contributed by atoms with Gasteiger partial charge in [-0.25, -0.2) is 0 Å². The van der Waals surface area contributed by atoms with Gasteiger partial charge in [-0.2, -0.15) is 0 Å². The number of aliphatic hydroxyl groups excluding tert-OH is 1. The van der Waals surface area contributed by atoms with Gasteiger partial charge in [0, 0.05) is 26.0 Å². The molecular weight excluding hydrogens is 258 g/mol. The lowest BCUT2D eigenvalue weighted by Crippen LogP contribution is -2.49. The number of carbonyl (C=O) groups is 2. The average molecular weight is 283 g/mol. The van der Waals surface area contributed by atoms with E-state index in [4.69, 9.17) is 9.84 Å². The van der Waals surface area contributed by atoms with Gasteiger partial charge < -0.3 is 9.84 Å². The van der Waals surface area contributed by atoms with E-state index in [0.717, 1.165) is 25.7 Å². The van der Waals surface area contributed by atoms with E-state index in [1.807, 2.05) is 0 Å². The number of imide groups is 1. The summed E-state index contributed by atoms with van der Waals surface area (Å²) in [5.41, 5.74) is -0.0314. The number of aliphatic hydroxyl groups is 1. The third-order valence-corrected chi connectivity index (χ3v) is 4.47. The van der Waals surface area contributed by atoms with Crippen molar-refractivity contribution in [1.82, 2.24) is 4.90 Å². The van der Waals surface area contributed by atoms with Crippen LogP contribution >= 0.6 is 0 Å². The van der Waals surface area contributed by atoms with Gasteiger partial charge in [-0.05, 0) is 24.7 Å². The summed E-state index contributed by atoms with van der Waals surface area (Å²) in [4.78, 5) is 25.8. The second-order valence-corrected chi connectivity index (χ2v) is 6.04. The molecule has 2 aliphatic rings. The summed E-state index contributed by atoms with van der Waals surface area (Å²) in [6.07, 6.45) is 7.30. The molecule has 2 amide bonds. The maximum absolute atomic E-state index is 12.2. The summed E-state index contributed by atoms with van der Waals surface area (Å²) >= 11 is 0. The first-order chi connectivity index (χ1) is 9.67. The third-order valence-electron chi connectivity index (χ3n) is 4.47. The Bertz CT molecular complexity index is 330. The summed E-state index contributed by atoms with van der Waals surface area (Å²) in [6.45, 7) is 1.23. The molecule has 0 unspecified atom stereocenters. The number of nitrogens with zero attached hydrogens (tertiary/aromatic N) is 1. The van der Waals surface area contributed by atoms with Gasteiger partial charge in [-0.1, -0.05) is 19.3 Å². The van der Waals surface area contributed by atoms with E-state index >= 15 is 0 Å². The Morgan fingerprint density at radius 3 is 2.30 bits per heavy atom. The van der Waals surface area contributed by atoms with Crippen molar-refractivity contribution in [3.8, 4) is 0 Å². The van der Waals surface area contributed by atoms with Gasteiger partial charge in [-0.3, -0.25) is 14.5 Å². The van der Waals surface area contributed by atoms with Crippen LogP contribution in [0.3, 0.4) is 0 Å². The van der Waals surface area contributed by atoms with E-state index in [-0.39, 0.29) is 23.8 Å². The van der Waals surface area contributed by atoms with Gasteiger partial charge in [0.15, 0.2) is 0 Å². The molecule has 20 heavy (non-hydrogen) atoms. The Kier molecular flexibility index (Phi) is 5.54. The highest BCUT2D eigenvalue weighted by Crippen LogP contribution is 2.45. The Morgan fingerprint density at radius 2 is 1.70 bits per heavy atom. The molecule has 0 atom stereocenters. The molecule has 1 N–H and O–H groups in total. The molecule has 1 saturated heterocycles. The van der Waals surface area contributed by atoms with E-state index in [1.165, 1.54) is 11.3 Å². The Morgan fingerprint density at radius 1 is 1.05 bits per heavy atom. The Hall–Kier alpha value is -0.940. The van der Waals surface area contributed by atoms with Crippen LogP contribution in [0.1, 0.15) is 51.4 Å². The maximum atomic E-state index is 12.2. The Balaban J connectivity index is 1.81. The van der Waals surface area contributed by atoms with E-state index in [2.05, 4.69) is 0 Å². The highest BCUT2D eigenvalue weighted by Gasteiger charge is 2.43. The van der Waals surface area contributed by atoms with Gasteiger partial charge >= 0.3 is 0 Å². The molecule has 2 rings (SSSR count). The zero-order valence-electron chi connectivity index (χ0n) is 12.1. The fourth-order valence-electron chi connectivity index (χ4n) is 3.43. The smallest absolute Gasteiger partial charge is 0.229 e. The van der Waals surface area contributed by atoms with Crippen molar-refractivity contribution in [2.75, 3.05) is 26.4 Å². The lowest BCUT2D eigenvalue weighted by atomic mass is 9.67. The highest BCUT2D eigenvalue weighted by atomic mass is 16.5. The van der Waals surface area contributed by atoms with Crippen molar-refractivity contribution in [3.05, 3.63) is 0 Å². The number of piperidine rings is 1. The summed E-state index contributed by atoms with van der Waals surface area (Å²) in [6, 6.07) is 0. The molecule has 0 aromatic carbocycles. The zero-order chi connectivity index (χ0) is 14.4. The van der Waals surface area contributed by atoms with Crippen LogP contribution in [0.4, 0.5) is 0 Å². The zero-order valence-corrected chi connectivity index (χ0v) is 12.1. The number of carbonyl (C=O) groups excluding carboxylic acids is 2. The van der Waals surface area contributed by atoms with Gasteiger partial charge in [0.05, 0.1) is 13.2 Å². The van der Waals surface area contributed by atoms with Crippen LogP contribution in [-0.2, 0) is 14.3 Å². The van der Waals surface area contributed by atoms with Crippen molar-refractivity contribution in [2.45, 2.75) is 51.4 Å². The molecule has 0 radical (unpaired) electrons. The molecule has 0 aromatic heterocycles. The third kappa shape index (κ3) is 3.79. The number of amides is 2. The molecule has 0 bridgehead atoms. The summed E-state index contributed by atoms with van der Waals surface area (Å²) < 4.78 is 5.15. The first-order valence-electron chi connectivity index (χ1n) is 7.69. The van der Waals surface area contributed by atoms with Gasteiger partial charge in [-0.15, -0.1) is 0 Å². The maximum Gasteiger partial charge on any atom is 0.229 e. The molecule has 5 heteroatoms. The molecule has 1 aliphatic heterocycles. The molecular formula is C15H25NO4. The van der Waals surface area contributed by atoms with E-state index in [9.17, 15) is 9.59 Å². The lowest BCUT2D eigenvalue weighted by molar-refractivity contribution is -0.154. The Labute approximate surface area is 120 Å². The number of ether oxygens (including phenoxy) is 1. The van der Waals surface area contributed by atoms with Gasteiger partial charge in [0.25, 0.3) is 0 Å². The van der Waals surface area contributed by atoms with Crippen LogP contribution in [0.2, 0.25) is 0 Å².